The van der Waals surface area contributed by atoms with Gasteiger partial charge in [0, 0.05) is 0 Å². The Hall–Kier alpha value is -2.01. The van der Waals surface area contributed by atoms with Gasteiger partial charge in [0.25, 0.3) is 5.91 Å². The molecule has 5 nitrogen and oxygen atoms in total. The summed E-state index contributed by atoms with van der Waals surface area (Å²) >= 11 is 0. The summed E-state index contributed by atoms with van der Waals surface area (Å²) in [6.07, 6.45) is 1.08. The van der Waals surface area contributed by atoms with Gasteiger partial charge in [0.05, 0.1) is 6.61 Å². The molecule has 0 aliphatic rings. The molecular formula is C10H11NO4. The summed E-state index contributed by atoms with van der Waals surface area (Å²) in [4.78, 5) is 15.5. The van der Waals surface area contributed by atoms with Crippen molar-refractivity contribution in [2.75, 3.05) is 0 Å². The molecule has 15 heavy (non-hydrogen) atoms. The molecule has 0 unspecified atom stereocenters. The number of phenols is 2. The summed E-state index contributed by atoms with van der Waals surface area (Å²) in [6.45, 7) is 3.34. The zero-order valence-corrected chi connectivity index (χ0v) is 7.93. The van der Waals surface area contributed by atoms with E-state index in [0.717, 1.165) is 6.08 Å². The van der Waals surface area contributed by atoms with Crippen molar-refractivity contribution in [2.24, 2.45) is 0 Å². The first kappa shape index (κ1) is 11.1. The van der Waals surface area contributed by atoms with Crippen LogP contribution < -0.4 is 5.48 Å². The fourth-order valence-electron chi connectivity index (χ4n) is 0.891. The Kier molecular flexibility index (Phi) is 3.70. The lowest BCUT2D eigenvalue weighted by Gasteiger charge is -2.04. The van der Waals surface area contributed by atoms with E-state index in [-0.39, 0.29) is 18.1 Å². The second-order valence-corrected chi connectivity index (χ2v) is 2.78. The molecule has 0 fully saturated rings. The molecule has 3 N–H and O–H groups in total. The third kappa shape index (κ3) is 3.32. The Balaban J connectivity index is 2.48. The SMILES string of the molecule is C=CC(=O)NOCc1ccc(O)c(O)c1. The van der Waals surface area contributed by atoms with E-state index in [1.807, 2.05) is 0 Å². The van der Waals surface area contributed by atoms with Gasteiger partial charge in [-0.15, -0.1) is 0 Å². The number of carbonyl (C=O) groups excluding carboxylic acids is 1. The molecule has 1 aromatic rings. The first-order chi connectivity index (χ1) is 7.13. The molecule has 0 spiro atoms. The average Bonchev–Trinajstić information content (AvgIpc) is 2.23. The summed E-state index contributed by atoms with van der Waals surface area (Å²) in [5.74, 6) is -0.877. The van der Waals surface area contributed by atoms with Crippen LogP contribution in [-0.4, -0.2) is 16.1 Å². The molecular weight excluding hydrogens is 198 g/mol. The zero-order chi connectivity index (χ0) is 11.3. The molecule has 0 aliphatic carbocycles. The van der Waals surface area contributed by atoms with Crippen LogP contribution in [0, 0.1) is 0 Å². The quantitative estimate of drug-likeness (QED) is 0.390. The van der Waals surface area contributed by atoms with Gasteiger partial charge in [0.2, 0.25) is 0 Å². The summed E-state index contributed by atoms with van der Waals surface area (Å²) in [5, 5.41) is 18.2. The van der Waals surface area contributed by atoms with Crippen molar-refractivity contribution in [3.63, 3.8) is 0 Å². The fourth-order valence-corrected chi connectivity index (χ4v) is 0.891. The smallest absolute Gasteiger partial charge is 0.266 e. The Bertz CT molecular complexity index is 376. The molecule has 0 saturated carbocycles. The van der Waals surface area contributed by atoms with Gasteiger partial charge in [-0.05, 0) is 23.8 Å². The van der Waals surface area contributed by atoms with Crippen molar-refractivity contribution < 1.29 is 19.8 Å². The molecule has 0 radical (unpaired) electrons. The van der Waals surface area contributed by atoms with E-state index in [0.29, 0.717) is 5.56 Å². The highest BCUT2D eigenvalue weighted by atomic mass is 16.6. The maximum atomic E-state index is 10.7. The summed E-state index contributed by atoms with van der Waals surface area (Å²) in [6, 6.07) is 4.24. The first-order valence-corrected chi connectivity index (χ1v) is 4.18. The number of rotatable bonds is 4. The number of phenolic OH excluding ortho intramolecular Hbond substituents is 2. The number of hydrogen-bond acceptors (Lipinski definition) is 4. The van der Waals surface area contributed by atoms with Crippen LogP contribution in [-0.2, 0) is 16.2 Å². The molecule has 80 valence electrons. The average molecular weight is 209 g/mol. The Labute approximate surface area is 86.6 Å². The normalized spacial score (nSPS) is 9.60. The molecule has 0 aliphatic heterocycles. The summed E-state index contributed by atoms with van der Waals surface area (Å²) in [5.41, 5.74) is 2.73. The standard InChI is InChI=1S/C10H11NO4/c1-2-10(14)11-15-6-7-3-4-8(12)9(13)5-7/h2-5,12-13H,1,6H2,(H,11,14). The minimum atomic E-state index is -0.446. The monoisotopic (exact) mass is 209 g/mol. The van der Waals surface area contributed by atoms with Gasteiger partial charge in [-0.1, -0.05) is 12.6 Å². The third-order valence-corrected chi connectivity index (χ3v) is 1.64. The predicted molar refractivity (Wildman–Crippen MR) is 52.9 cm³/mol. The van der Waals surface area contributed by atoms with Gasteiger partial charge < -0.3 is 10.2 Å². The Morgan fingerprint density at radius 3 is 2.80 bits per heavy atom. The van der Waals surface area contributed by atoms with Crippen LogP contribution in [0.5, 0.6) is 11.5 Å². The molecule has 1 rings (SSSR count). The second-order valence-electron chi connectivity index (χ2n) is 2.78. The minimum absolute atomic E-state index is 0.0907. The van der Waals surface area contributed by atoms with Gasteiger partial charge in [-0.25, -0.2) is 5.48 Å². The van der Waals surface area contributed by atoms with E-state index >= 15 is 0 Å². The molecule has 0 atom stereocenters. The van der Waals surface area contributed by atoms with Gasteiger partial charge in [0.15, 0.2) is 11.5 Å². The summed E-state index contributed by atoms with van der Waals surface area (Å²) in [7, 11) is 0. The van der Waals surface area contributed by atoms with Crippen LogP contribution in [0.2, 0.25) is 0 Å². The summed E-state index contributed by atoms with van der Waals surface area (Å²) < 4.78 is 0. The van der Waals surface area contributed by atoms with Crippen LogP contribution in [0.15, 0.2) is 30.9 Å². The first-order valence-electron chi connectivity index (χ1n) is 4.18. The molecule has 0 saturated heterocycles. The minimum Gasteiger partial charge on any atom is -0.504 e. The van der Waals surface area contributed by atoms with Crippen molar-refractivity contribution in [3.05, 3.63) is 36.4 Å². The van der Waals surface area contributed by atoms with Crippen LogP contribution in [0.25, 0.3) is 0 Å². The largest absolute Gasteiger partial charge is 0.504 e. The number of aromatic hydroxyl groups is 2. The highest BCUT2D eigenvalue weighted by Gasteiger charge is 2.01. The maximum absolute atomic E-state index is 10.7. The number of amides is 1. The van der Waals surface area contributed by atoms with E-state index < -0.39 is 5.91 Å². The van der Waals surface area contributed by atoms with Crippen LogP contribution in [0.4, 0.5) is 0 Å². The van der Waals surface area contributed by atoms with Crippen LogP contribution in [0.3, 0.4) is 0 Å². The Morgan fingerprint density at radius 1 is 1.47 bits per heavy atom. The molecule has 0 heterocycles. The van der Waals surface area contributed by atoms with Gasteiger partial charge >= 0.3 is 0 Å². The van der Waals surface area contributed by atoms with E-state index in [2.05, 4.69) is 12.1 Å². The van der Waals surface area contributed by atoms with Gasteiger partial charge in [0.1, 0.15) is 0 Å². The second kappa shape index (κ2) is 5.02. The Morgan fingerprint density at radius 2 is 2.20 bits per heavy atom. The molecule has 1 amide bonds. The molecule has 5 heteroatoms. The van der Waals surface area contributed by atoms with E-state index in [1.54, 1.807) is 6.07 Å². The lowest BCUT2D eigenvalue weighted by molar-refractivity contribution is -0.129. The molecule has 0 aromatic heterocycles. The maximum Gasteiger partial charge on any atom is 0.266 e. The topological polar surface area (TPSA) is 78.8 Å². The number of benzene rings is 1. The fraction of sp³-hybridized carbons (Fsp3) is 0.100. The number of hydroxylamine groups is 1. The van der Waals surface area contributed by atoms with Crippen LogP contribution >= 0.6 is 0 Å². The van der Waals surface area contributed by atoms with Crippen molar-refractivity contribution >= 4 is 5.91 Å². The predicted octanol–water partition coefficient (Wildman–Crippen LogP) is 0.832. The van der Waals surface area contributed by atoms with E-state index in [9.17, 15) is 4.79 Å². The van der Waals surface area contributed by atoms with Gasteiger partial charge in [-0.2, -0.15) is 0 Å². The third-order valence-electron chi connectivity index (χ3n) is 1.64. The highest BCUT2D eigenvalue weighted by molar-refractivity contribution is 5.85. The number of nitrogens with one attached hydrogen (secondary N) is 1. The molecule has 1 aromatic carbocycles. The lowest BCUT2D eigenvalue weighted by atomic mass is 10.2. The van der Waals surface area contributed by atoms with E-state index in [1.165, 1.54) is 12.1 Å². The lowest BCUT2D eigenvalue weighted by Crippen LogP contribution is -2.20. The number of carbonyl (C=O) groups is 1. The van der Waals surface area contributed by atoms with Crippen LogP contribution in [0.1, 0.15) is 5.56 Å². The van der Waals surface area contributed by atoms with Crippen molar-refractivity contribution in [1.82, 2.24) is 5.48 Å². The van der Waals surface area contributed by atoms with Crippen molar-refractivity contribution in [1.29, 1.82) is 0 Å². The highest BCUT2D eigenvalue weighted by Crippen LogP contribution is 2.24. The molecule has 0 bridgehead atoms. The van der Waals surface area contributed by atoms with Gasteiger partial charge in [-0.3, -0.25) is 9.63 Å². The van der Waals surface area contributed by atoms with Crippen molar-refractivity contribution in [2.45, 2.75) is 6.61 Å². The van der Waals surface area contributed by atoms with E-state index in [4.69, 9.17) is 15.1 Å². The van der Waals surface area contributed by atoms with Crippen molar-refractivity contribution in [3.8, 4) is 11.5 Å². The number of hydrogen-bond donors (Lipinski definition) is 3. The zero-order valence-electron chi connectivity index (χ0n) is 7.93.